The van der Waals surface area contributed by atoms with Crippen LogP contribution in [0.25, 0.3) is 11.0 Å². The van der Waals surface area contributed by atoms with Crippen molar-refractivity contribution in [1.29, 1.82) is 0 Å². The van der Waals surface area contributed by atoms with Gasteiger partial charge in [0.25, 0.3) is 0 Å². The SMILES string of the molecule is CCCC(CC)CC1(c2nc3c(N)cccc3[nH]2)OC1P(=O)(O)O. The fraction of sp³-hybridized carbons (Fsp3) is 0.562. The molecule has 3 atom stereocenters. The van der Waals surface area contributed by atoms with Crippen molar-refractivity contribution in [3.8, 4) is 0 Å². The molecular formula is C16H24N3O4P. The highest BCUT2D eigenvalue weighted by Crippen LogP contribution is 2.65. The van der Waals surface area contributed by atoms with E-state index >= 15 is 0 Å². The summed E-state index contributed by atoms with van der Waals surface area (Å²) in [6.45, 7) is 4.19. The van der Waals surface area contributed by atoms with Crippen LogP contribution in [0.1, 0.15) is 45.4 Å². The monoisotopic (exact) mass is 353 g/mol. The van der Waals surface area contributed by atoms with Crippen LogP contribution in [-0.2, 0) is 14.9 Å². The number of fused-ring (bicyclic) bond motifs is 1. The number of aromatic nitrogens is 2. The number of epoxide rings is 1. The summed E-state index contributed by atoms with van der Waals surface area (Å²) >= 11 is 0. The van der Waals surface area contributed by atoms with E-state index in [1.165, 1.54) is 0 Å². The van der Waals surface area contributed by atoms with Crippen molar-refractivity contribution >= 4 is 24.3 Å². The van der Waals surface area contributed by atoms with Gasteiger partial charge in [0, 0.05) is 0 Å². The van der Waals surface area contributed by atoms with E-state index in [-0.39, 0.29) is 0 Å². The standard InChI is InChI=1S/C16H24N3O4P/c1-3-6-10(4-2)9-16(15(23-16)24(20,21)22)14-18-12-8-5-7-11(17)13(12)19-14/h5,7-8,10,15H,3-4,6,9,17H2,1-2H3,(H,18,19)(H2,20,21,22). The van der Waals surface area contributed by atoms with Crippen molar-refractivity contribution < 1.29 is 19.1 Å². The smallest absolute Gasteiger partial charge is 0.357 e. The number of anilines is 1. The van der Waals surface area contributed by atoms with E-state index < -0.39 is 19.0 Å². The van der Waals surface area contributed by atoms with E-state index in [9.17, 15) is 14.4 Å². The molecule has 7 nitrogen and oxygen atoms in total. The van der Waals surface area contributed by atoms with Gasteiger partial charge in [-0.25, -0.2) is 4.98 Å². The van der Waals surface area contributed by atoms with E-state index in [1.807, 2.05) is 12.1 Å². The van der Waals surface area contributed by atoms with Crippen LogP contribution >= 0.6 is 7.60 Å². The summed E-state index contributed by atoms with van der Waals surface area (Å²) < 4.78 is 17.4. The molecule has 3 rings (SSSR count). The average molecular weight is 353 g/mol. The zero-order valence-electron chi connectivity index (χ0n) is 13.9. The molecule has 2 heterocycles. The molecule has 1 fully saturated rings. The predicted molar refractivity (Wildman–Crippen MR) is 92.4 cm³/mol. The number of hydrogen-bond donors (Lipinski definition) is 4. The van der Waals surface area contributed by atoms with Gasteiger partial charge in [0.05, 0.1) is 11.2 Å². The van der Waals surface area contributed by atoms with Gasteiger partial charge in [-0.3, -0.25) is 4.57 Å². The molecule has 0 amide bonds. The molecule has 5 N–H and O–H groups in total. The number of para-hydroxylation sites is 1. The molecule has 1 saturated heterocycles. The van der Waals surface area contributed by atoms with Gasteiger partial charge in [0.1, 0.15) is 11.3 Å². The lowest BCUT2D eigenvalue weighted by Gasteiger charge is -2.19. The summed E-state index contributed by atoms with van der Waals surface area (Å²) in [5, 5.41) is 0. The number of hydrogen-bond acceptors (Lipinski definition) is 4. The minimum Gasteiger partial charge on any atom is -0.397 e. The molecule has 1 aromatic heterocycles. The molecular weight excluding hydrogens is 329 g/mol. The molecule has 8 heteroatoms. The Hall–Kier alpha value is -1.40. The molecule has 0 aliphatic carbocycles. The van der Waals surface area contributed by atoms with E-state index in [2.05, 4.69) is 23.8 Å². The lowest BCUT2D eigenvalue weighted by molar-refractivity contribution is 0.233. The molecule has 1 aliphatic heterocycles. The molecule has 2 aromatic rings. The molecule has 24 heavy (non-hydrogen) atoms. The number of nitrogens with one attached hydrogen (secondary N) is 1. The predicted octanol–water partition coefficient (Wildman–Crippen LogP) is 3.09. The van der Waals surface area contributed by atoms with E-state index in [0.717, 1.165) is 24.8 Å². The van der Waals surface area contributed by atoms with Gasteiger partial charge in [-0.1, -0.05) is 39.2 Å². The Morgan fingerprint density at radius 2 is 2.21 bits per heavy atom. The maximum absolute atomic E-state index is 11.8. The Kier molecular flexibility index (Phi) is 4.47. The quantitative estimate of drug-likeness (QED) is 0.344. The summed E-state index contributed by atoms with van der Waals surface area (Å²) in [7, 11) is -4.37. The summed E-state index contributed by atoms with van der Waals surface area (Å²) in [4.78, 5) is 26.9. The van der Waals surface area contributed by atoms with Crippen LogP contribution in [0.2, 0.25) is 0 Å². The van der Waals surface area contributed by atoms with Crippen LogP contribution in [0.5, 0.6) is 0 Å². The van der Waals surface area contributed by atoms with Crippen LogP contribution in [0, 0.1) is 5.92 Å². The number of H-pyrrole nitrogens is 1. The van der Waals surface area contributed by atoms with Crippen molar-refractivity contribution in [2.45, 2.75) is 51.0 Å². The molecule has 0 bridgehead atoms. The highest BCUT2D eigenvalue weighted by molar-refractivity contribution is 7.52. The van der Waals surface area contributed by atoms with Gasteiger partial charge in [-0.05, 0) is 24.5 Å². The van der Waals surface area contributed by atoms with Gasteiger partial charge >= 0.3 is 7.60 Å². The number of nitrogens with zero attached hydrogens (tertiary/aromatic N) is 1. The van der Waals surface area contributed by atoms with Crippen LogP contribution < -0.4 is 5.73 Å². The van der Waals surface area contributed by atoms with E-state index in [1.54, 1.807) is 6.07 Å². The fourth-order valence-corrected chi connectivity index (χ4v) is 4.56. The lowest BCUT2D eigenvalue weighted by Crippen LogP contribution is -2.20. The third-order valence-electron chi connectivity index (χ3n) is 4.78. The normalized spacial score (nSPS) is 25.1. The first-order valence-corrected chi connectivity index (χ1v) is 9.97. The molecule has 0 saturated carbocycles. The largest absolute Gasteiger partial charge is 0.397 e. The first-order valence-electron chi connectivity index (χ1n) is 8.29. The van der Waals surface area contributed by atoms with Gasteiger partial charge < -0.3 is 25.2 Å². The third kappa shape index (κ3) is 2.97. The highest BCUT2D eigenvalue weighted by Gasteiger charge is 2.68. The Bertz CT molecular complexity index is 787. The highest BCUT2D eigenvalue weighted by atomic mass is 31.2. The summed E-state index contributed by atoms with van der Waals surface area (Å²) in [5.74, 6) is -0.368. The second-order valence-electron chi connectivity index (χ2n) is 6.54. The van der Waals surface area contributed by atoms with Crippen molar-refractivity contribution in [3.63, 3.8) is 0 Å². The second-order valence-corrected chi connectivity index (χ2v) is 8.19. The number of rotatable bonds is 7. The summed E-state index contributed by atoms with van der Waals surface area (Å²) in [6.07, 6.45) is 3.46. The zero-order valence-corrected chi connectivity index (χ0v) is 14.8. The van der Waals surface area contributed by atoms with E-state index in [4.69, 9.17) is 10.5 Å². The minimum atomic E-state index is -4.37. The topological polar surface area (TPSA) is 125 Å². The molecule has 0 radical (unpaired) electrons. The van der Waals surface area contributed by atoms with Crippen molar-refractivity contribution in [1.82, 2.24) is 9.97 Å². The number of ether oxygens (including phenoxy) is 1. The molecule has 0 spiro atoms. The Morgan fingerprint density at radius 3 is 2.75 bits per heavy atom. The Morgan fingerprint density at radius 1 is 1.46 bits per heavy atom. The first-order chi connectivity index (χ1) is 11.3. The van der Waals surface area contributed by atoms with Crippen LogP contribution in [-0.4, -0.2) is 25.6 Å². The minimum absolute atomic E-state index is 0.317. The Labute approximate surface area is 140 Å². The number of benzene rings is 1. The number of nitrogens with two attached hydrogens (primary N) is 1. The van der Waals surface area contributed by atoms with E-state index in [0.29, 0.717) is 29.4 Å². The maximum Gasteiger partial charge on any atom is 0.357 e. The fourth-order valence-electron chi connectivity index (χ4n) is 3.47. The number of nitrogen functional groups attached to an aromatic ring is 1. The number of aromatic amines is 1. The molecule has 132 valence electrons. The lowest BCUT2D eigenvalue weighted by atomic mass is 9.89. The van der Waals surface area contributed by atoms with Crippen LogP contribution in [0.4, 0.5) is 5.69 Å². The summed E-state index contributed by atoms with van der Waals surface area (Å²) in [5.41, 5.74) is 6.77. The molecule has 1 aromatic carbocycles. The maximum atomic E-state index is 11.8. The van der Waals surface area contributed by atoms with Gasteiger partial charge in [0.2, 0.25) is 0 Å². The van der Waals surface area contributed by atoms with Crippen molar-refractivity contribution in [2.75, 3.05) is 5.73 Å². The number of imidazole rings is 1. The molecule has 1 aliphatic rings. The van der Waals surface area contributed by atoms with Gasteiger partial charge in [-0.2, -0.15) is 0 Å². The average Bonchev–Trinajstić information content (AvgIpc) is 3.09. The first kappa shape index (κ1) is 17.4. The van der Waals surface area contributed by atoms with Crippen molar-refractivity contribution in [3.05, 3.63) is 24.0 Å². The van der Waals surface area contributed by atoms with Crippen molar-refractivity contribution in [2.24, 2.45) is 5.92 Å². The Balaban J connectivity index is 2.02. The summed E-state index contributed by atoms with van der Waals surface area (Å²) in [6, 6.07) is 5.40. The van der Waals surface area contributed by atoms with Crippen LogP contribution in [0.3, 0.4) is 0 Å². The van der Waals surface area contributed by atoms with Crippen LogP contribution in [0.15, 0.2) is 18.2 Å². The second kappa shape index (κ2) is 6.15. The van der Waals surface area contributed by atoms with Gasteiger partial charge in [-0.15, -0.1) is 0 Å². The third-order valence-corrected chi connectivity index (χ3v) is 5.91. The zero-order chi connectivity index (χ0) is 17.5. The molecule has 3 unspecified atom stereocenters. The van der Waals surface area contributed by atoms with Gasteiger partial charge in [0.15, 0.2) is 11.4 Å².